The van der Waals surface area contributed by atoms with Crippen LogP contribution in [0.15, 0.2) is 35.7 Å². The van der Waals surface area contributed by atoms with Gasteiger partial charge >= 0.3 is 5.97 Å². The van der Waals surface area contributed by atoms with E-state index in [1.165, 1.54) is 4.88 Å². The van der Waals surface area contributed by atoms with Gasteiger partial charge in [-0.1, -0.05) is 17.7 Å². The third kappa shape index (κ3) is 3.11. The van der Waals surface area contributed by atoms with Crippen LogP contribution < -0.4 is 5.73 Å². The van der Waals surface area contributed by atoms with E-state index >= 15 is 0 Å². The van der Waals surface area contributed by atoms with Crippen LogP contribution in [0.2, 0.25) is 0 Å². The fourth-order valence-electron chi connectivity index (χ4n) is 1.62. The van der Waals surface area contributed by atoms with E-state index in [1.807, 2.05) is 30.5 Å². The molecule has 94 valence electrons. The van der Waals surface area contributed by atoms with E-state index in [4.69, 9.17) is 10.5 Å². The van der Waals surface area contributed by atoms with Gasteiger partial charge in [0.05, 0.1) is 12.2 Å². The predicted octanol–water partition coefficient (Wildman–Crippen LogP) is 3.04. The molecule has 0 bridgehead atoms. The topological polar surface area (TPSA) is 52.3 Å². The van der Waals surface area contributed by atoms with Crippen molar-refractivity contribution in [3.8, 4) is 0 Å². The van der Waals surface area contributed by atoms with Gasteiger partial charge in [0.25, 0.3) is 0 Å². The Morgan fingerprint density at radius 3 is 2.94 bits per heavy atom. The van der Waals surface area contributed by atoms with E-state index in [0.717, 1.165) is 12.0 Å². The average molecular weight is 261 g/mol. The van der Waals surface area contributed by atoms with Crippen molar-refractivity contribution in [1.82, 2.24) is 0 Å². The average Bonchev–Trinajstić information content (AvgIpc) is 2.85. The maximum absolute atomic E-state index is 11.8. The number of rotatable bonds is 4. The van der Waals surface area contributed by atoms with Gasteiger partial charge in [-0.15, -0.1) is 11.3 Å². The maximum atomic E-state index is 11.8. The number of esters is 1. The van der Waals surface area contributed by atoms with Crippen molar-refractivity contribution in [1.29, 1.82) is 0 Å². The van der Waals surface area contributed by atoms with E-state index in [9.17, 15) is 4.79 Å². The molecule has 0 amide bonds. The summed E-state index contributed by atoms with van der Waals surface area (Å²) in [6.07, 6.45) is 0.745. The van der Waals surface area contributed by atoms with Gasteiger partial charge in [-0.25, -0.2) is 4.79 Å². The Labute approximate surface area is 110 Å². The van der Waals surface area contributed by atoms with Gasteiger partial charge in [-0.3, -0.25) is 0 Å². The van der Waals surface area contributed by atoms with Crippen LogP contribution in [0.3, 0.4) is 0 Å². The molecule has 2 aromatic rings. The van der Waals surface area contributed by atoms with Crippen molar-refractivity contribution in [3.05, 3.63) is 51.7 Å². The first-order chi connectivity index (χ1) is 8.66. The highest BCUT2D eigenvalue weighted by atomic mass is 32.1. The van der Waals surface area contributed by atoms with Gasteiger partial charge < -0.3 is 10.5 Å². The molecule has 1 aromatic carbocycles. The van der Waals surface area contributed by atoms with Gasteiger partial charge in [-0.2, -0.15) is 0 Å². The standard InChI is InChI=1S/C14H15NO2S/c1-10-4-5-13(15)12(9-10)14(16)17-7-6-11-3-2-8-18-11/h2-5,8-9H,6-7,15H2,1H3. The Kier molecular flexibility index (Phi) is 3.99. The van der Waals surface area contributed by atoms with Crippen LogP contribution in [0.5, 0.6) is 0 Å². The normalized spacial score (nSPS) is 10.3. The molecule has 0 aliphatic rings. The number of carbonyl (C=O) groups is 1. The number of benzene rings is 1. The van der Waals surface area contributed by atoms with Crippen molar-refractivity contribution in [2.24, 2.45) is 0 Å². The van der Waals surface area contributed by atoms with Crippen molar-refractivity contribution in [2.45, 2.75) is 13.3 Å². The molecule has 0 saturated carbocycles. The minimum absolute atomic E-state index is 0.354. The lowest BCUT2D eigenvalue weighted by molar-refractivity contribution is 0.0511. The molecule has 2 N–H and O–H groups in total. The molecule has 0 aliphatic heterocycles. The van der Waals surface area contributed by atoms with Gasteiger partial charge in [0.15, 0.2) is 0 Å². The minimum Gasteiger partial charge on any atom is -0.462 e. The first-order valence-corrected chi connectivity index (χ1v) is 6.60. The fourth-order valence-corrected chi connectivity index (χ4v) is 2.31. The van der Waals surface area contributed by atoms with E-state index in [2.05, 4.69) is 0 Å². The molecule has 3 nitrogen and oxygen atoms in total. The number of carbonyl (C=O) groups excluding carboxylic acids is 1. The van der Waals surface area contributed by atoms with Gasteiger partial charge in [0.1, 0.15) is 0 Å². The summed E-state index contributed by atoms with van der Waals surface area (Å²) >= 11 is 1.66. The monoisotopic (exact) mass is 261 g/mol. The molecule has 0 fully saturated rings. The lowest BCUT2D eigenvalue weighted by Gasteiger charge is -2.07. The SMILES string of the molecule is Cc1ccc(N)c(C(=O)OCCc2cccs2)c1. The molecule has 18 heavy (non-hydrogen) atoms. The number of nitrogen functional groups attached to an aromatic ring is 1. The smallest absolute Gasteiger partial charge is 0.340 e. The highest BCUT2D eigenvalue weighted by Gasteiger charge is 2.11. The quantitative estimate of drug-likeness (QED) is 0.680. The summed E-state index contributed by atoms with van der Waals surface area (Å²) < 4.78 is 5.22. The molecule has 0 unspecified atom stereocenters. The molecule has 2 rings (SSSR count). The van der Waals surface area contributed by atoms with Crippen LogP contribution in [0.25, 0.3) is 0 Å². The zero-order valence-electron chi connectivity index (χ0n) is 10.2. The maximum Gasteiger partial charge on any atom is 0.340 e. The number of ether oxygens (including phenoxy) is 1. The molecular weight excluding hydrogens is 246 g/mol. The third-order valence-electron chi connectivity index (χ3n) is 2.59. The van der Waals surface area contributed by atoms with E-state index in [0.29, 0.717) is 17.9 Å². The largest absolute Gasteiger partial charge is 0.462 e. The number of aryl methyl sites for hydroxylation is 1. The molecule has 0 radical (unpaired) electrons. The Balaban J connectivity index is 1.93. The van der Waals surface area contributed by atoms with Crippen LogP contribution >= 0.6 is 11.3 Å². The van der Waals surface area contributed by atoms with E-state index in [1.54, 1.807) is 23.5 Å². The van der Waals surface area contributed by atoms with Crippen molar-refractivity contribution < 1.29 is 9.53 Å². The van der Waals surface area contributed by atoms with Crippen LogP contribution in [0.1, 0.15) is 20.8 Å². The number of anilines is 1. The minimum atomic E-state index is -0.354. The number of hydrogen-bond acceptors (Lipinski definition) is 4. The second-order valence-corrected chi connectivity index (χ2v) is 5.09. The Hall–Kier alpha value is -1.81. The van der Waals surface area contributed by atoms with Crippen LogP contribution in [-0.2, 0) is 11.2 Å². The van der Waals surface area contributed by atoms with Crippen LogP contribution in [0, 0.1) is 6.92 Å². The Morgan fingerprint density at radius 2 is 2.22 bits per heavy atom. The van der Waals surface area contributed by atoms with Crippen LogP contribution in [-0.4, -0.2) is 12.6 Å². The first kappa shape index (κ1) is 12.6. The highest BCUT2D eigenvalue weighted by molar-refractivity contribution is 7.09. The predicted molar refractivity (Wildman–Crippen MR) is 73.9 cm³/mol. The zero-order chi connectivity index (χ0) is 13.0. The zero-order valence-corrected chi connectivity index (χ0v) is 11.0. The highest BCUT2D eigenvalue weighted by Crippen LogP contribution is 2.15. The summed E-state index contributed by atoms with van der Waals surface area (Å²) in [4.78, 5) is 13.1. The number of hydrogen-bond donors (Lipinski definition) is 1. The summed E-state index contributed by atoms with van der Waals surface area (Å²) in [7, 11) is 0. The molecule has 0 spiro atoms. The van der Waals surface area contributed by atoms with Crippen molar-refractivity contribution in [2.75, 3.05) is 12.3 Å². The summed E-state index contributed by atoms with van der Waals surface area (Å²) in [5.41, 5.74) is 7.66. The summed E-state index contributed by atoms with van der Waals surface area (Å²) in [6.45, 7) is 2.30. The lowest BCUT2D eigenvalue weighted by atomic mass is 10.1. The molecular formula is C14H15NO2S. The number of thiophene rings is 1. The summed E-state index contributed by atoms with van der Waals surface area (Å²) in [5, 5.41) is 2.01. The lowest BCUT2D eigenvalue weighted by Crippen LogP contribution is -2.10. The molecule has 1 heterocycles. The Morgan fingerprint density at radius 1 is 1.39 bits per heavy atom. The molecule has 0 saturated heterocycles. The fraction of sp³-hybridized carbons (Fsp3) is 0.214. The van der Waals surface area contributed by atoms with Gasteiger partial charge in [-0.05, 0) is 30.5 Å². The molecule has 4 heteroatoms. The summed E-state index contributed by atoms with van der Waals surface area (Å²) in [5.74, 6) is -0.354. The first-order valence-electron chi connectivity index (χ1n) is 5.72. The van der Waals surface area contributed by atoms with E-state index < -0.39 is 0 Å². The third-order valence-corrected chi connectivity index (χ3v) is 3.53. The Bertz CT molecular complexity index is 535. The van der Waals surface area contributed by atoms with Crippen LogP contribution in [0.4, 0.5) is 5.69 Å². The van der Waals surface area contributed by atoms with Crippen molar-refractivity contribution in [3.63, 3.8) is 0 Å². The molecule has 0 aliphatic carbocycles. The second kappa shape index (κ2) is 5.69. The van der Waals surface area contributed by atoms with Gasteiger partial charge in [0, 0.05) is 17.0 Å². The number of nitrogens with two attached hydrogens (primary N) is 1. The van der Waals surface area contributed by atoms with E-state index in [-0.39, 0.29) is 5.97 Å². The molecule has 0 atom stereocenters. The van der Waals surface area contributed by atoms with Crippen molar-refractivity contribution >= 4 is 23.0 Å². The summed E-state index contributed by atoms with van der Waals surface area (Å²) in [6, 6.07) is 9.37. The van der Waals surface area contributed by atoms with Gasteiger partial charge in [0.2, 0.25) is 0 Å². The second-order valence-electron chi connectivity index (χ2n) is 4.06. The molecule has 1 aromatic heterocycles.